The summed E-state index contributed by atoms with van der Waals surface area (Å²) in [5.41, 5.74) is -0.511. The van der Waals surface area contributed by atoms with Crippen molar-refractivity contribution in [3.05, 3.63) is 65.2 Å². The predicted molar refractivity (Wildman–Crippen MR) is 75.8 cm³/mol. The second kappa shape index (κ2) is 6.01. The molecule has 0 spiro atoms. The first kappa shape index (κ1) is 15.8. The molecule has 0 heterocycles. The van der Waals surface area contributed by atoms with Crippen LogP contribution in [0.25, 0.3) is 0 Å². The largest absolute Gasteiger partial charge is 0.416 e. The molecule has 0 aromatic heterocycles. The van der Waals surface area contributed by atoms with E-state index >= 15 is 0 Å². The van der Waals surface area contributed by atoms with Gasteiger partial charge in [0.05, 0.1) is 11.1 Å². The van der Waals surface area contributed by atoms with Gasteiger partial charge in [0, 0.05) is 11.3 Å². The Kier molecular flexibility index (Phi) is 4.30. The second-order valence-electron chi connectivity index (χ2n) is 4.63. The van der Waals surface area contributed by atoms with Crippen molar-refractivity contribution in [3.8, 4) is 0 Å². The minimum Gasteiger partial charge on any atom is -0.322 e. The van der Waals surface area contributed by atoms with Crippen molar-refractivity contribution in [1.82, 2.24) is 0 Å². The van der Waals surface area contributed by atoms with E-state index in [1.807, 2.05) is 0 Å². The highest BCUT2D eigenvalue weighted by atomic mass is 19.4. The van der Waals surface area contributed by atoms with E-state index in [9.17, 15) is 22.8 Å². The molecule has 0 fully saturated rings. The highest BCUT2D eigenvalue weighted by Crippen LogP contribution is 2.30. The van der Waals surface area contributed by atoms with Crippen LogP contribution in [0.15, 0.2) is 48.5 Å². The molecule has 2 aromatic carbocycles. The number of rotatable bonds is 3. The van der Waals surface area contributed by atoms with Gasteiger partial charge in [-0.15, -0.1) is 0 Å². The minimum absolute atomic E-state index is 0.0122. The molecule has 0 saturated carbocycles. The molecule has 1 amide bonds. The van der Waals surface area contributed by atoms with Crippen LogP contribution >= 0.6 is 0 Å². The van der Waals surface area contributed by atoms with Crippen LogP contribution in [0.5, 0.6) is 0 Å². The zero-order valence-corrected chi connectivity index (χ0v) is 11.6. The molecule has 0 aliphatic carbocycles. The van der Waals surface area contributed by atoms with Crippen LogP contribution in [0.2, 0.25) is 0 Å². The summed E-state index contributed by atoms with van der Waals surface area (Å²) in [7, 11) is 0. The summed E-state index contributed by atoms with van der Waals surface area (Å²) in [5.74, 6) is -0.931. The van der Waals surface area contributed by atoms with Crippen LogP contribution in [0.1, 0.15) is 33.2 Å². The number of hydrogen-bond donors (Lipinski definition) is 1. The van der Waals surface area contributed by atoms with E-state index in [1.54, 1.807) is 12.1 Å². The number of nitrogens with one attached hydrogen (secondary N) is 1. The van der Waals surface area contributed by atoms with Gasteiger partial charge in [-0.1, -0.05) is 24.3 Å². The lowest BCUT2D eigenvalue weighted by Crippen LogP contribution is -2.16. The van der Waals surface area contributed by atoms with Crippen LogP contribution in [-0.4, -0.2) is 11.7 Å². The summed E-state index contributed by atoms with van der Waals surface area (Å²) in [4.78, 5) is 23.6. The molecule has 0 atom stereocenters. The third-order valence-corrected chi connectivity index (χ3v) is 3.00. The summed E-state index contributed by atoms with van der Waals surface area (Å²) in [6.07, 6.45) is -4.49. The summed E-state index contributed by atoms with van der Waals surface area (Å²) >= 11 is 0. The van der Waals surface area contributed by atoms with Gasteiger partial charge in [0.25, 0.3) is 5.91 Å². The van der Waals surface area contributed by atoms with Crippen molar-refractivity contribution in [2.45, 2.75) is 13.1 Å². The summed E-state index contributed by atoms with van der Waals surface area (Å²) < 4.78 is 37.9. The fraction of sp³-hybridized carbons (Fsp3) is 0.125. The standard InChI is InChI=1S/C16H12F3NO2/c1-10(21)13-7-2-3-8-14(13)15(22)20-12-6-4-5-11(9-12)16(17,18)19/h2-9H,1H3,(H,20,22). The first-order valence-corrected chi connectivity index (χ1v) is 6.37. The average Bonchev–Trinajstić information content (AvgIpc) is 2.46. The molecule has 0 saturated heterocycles. The maximum Gasteiger partial charge on any atom is 0.416 e. The van der Waals surface area contributed by atoms with Crippen molar-refractivity contribution in [2.24, 2.45) is 0 Å². The number of alkyl halides is 3. The fourth-order valence-electron chi connectivity index (χ4n) is 1.96. The van der Waals surface area contributed by atoms with E-state index in [0.717, 1.165) is 12.1 Å². The topological polar surface area (TPSA) is 46.2 Å². The van der Waals surface area contributed by atoms with Gasteiger partial charge >= 0.3 is 6.18 Å². The number of carbonyl (C=O) groups excluding carboxylic acids is 2. The number of halogens is 3. The highest BCUT2D eigenvalue weighted by Gasteiger charge is 2.30. The first-order valence-electron chi connectivity index (χ1n) is 6.37. The van der Waals surface area contributed by atoms with Crippen molar-refractivity contribution in [2.75, 3.05) is 5.32 Å². The summed E-state index contributed by atoms with van der Waals surface area (Å²) in [6.45, 7) is 1.32. The third kappa shape index (κ3) is 3.52. The van der Waals surface area contributed by atoms with Gasteiger partial charge < -0.3 is 5.32 Å². The molecule has 0 radical (unpaired) electrons. The van der Waals surface area contributed by atoms with E-state index < -0.39 is 17.6 Å². The molecule has 114 valence electrons. The van der Waals surface area contributed by atoms with Gasteiger partial charge in [-0.3, -0.25) is 9.59 Å². The molecule has 0 aliphatic rings. The van der Waals surface area contributed by atoms with Crippen molar-refractivity contribution in [3.63, 3.8) is 0 Å². The number of Topliss-reactive ketones (excluding diaryl/α,β-unsaturated/α-hetero) is 1. The van der Waals surface area contributed by atoms with Crippen LogP contribution in [0.4, 0.5) is 18.9 Å². The molecule has 22 heavy (non-hydrogen) atoms. The van der Waals surface area contributed by atoms with E-state index in [2.05, 4.69) is 5.32 Å². The lowest BCUT2D eigenvalue weighted by atomic mass is 10.0. The first-order chi connectivity index (χ1) is 10.3. The minimum atomic E-state index is -4.49. The van der Waals surface area contributed by atoms with E-state index in [0.29, 0.717) is 0 Å². The number of benzene rings is 2. The molecule has 0 unspecified atom stereocenters. The van der Waals surface area contributed by atoms with Crippen molar-refractivity contribution < 1.29 is 22.8 Å². The Morgan fingerprint density at radius 1 is 0.955 bits per heavy atom. The summed E-state index contributed by atoms with van der Waals surface area (Å²) in [6, 6.07) is 10.4. The monoisotopic (exact) mass is 307 g/mol. The fourth-order valence-corrected chi connectivity index (χ4v) is 1.96. The van der Waals surface area contributed by atoms with Crippen molar-refractivity contribution in [1.29, 1.82) is 0 Å². The molecule has 0 aliphatic heterocycles. The van der Waals surface area contributed by atoms with E-state index in [-0.39, 0.29) is 22.6 Å². The van der Waals surface area contributed by atoms with E-state index in [4.69, 9.17) is 0 Å². The van der Waals surface area contributed by atoms with Gasteiger partial charge in [0.15, 0.2) is 5.78 Å². The van der Waals surface area contributed by atoms with Gasteiger partial charge in [0.1, 0.15) is 0 Å². The summed E-state index contributed by atoms with van der Waals surface area (Å²) in [5, 5.41) is 2.37. The van der Waals surface area contributed by atoms with Crippen LogP contribution < -0.4 is 5.32 Å². The molecular formula is C16H12F3NO2. The Morgan fingerprint density at radius 2 is 1.59 bits per heavy atom. The maximum absolute atomic E-state index is 12.6. The van der Waals surface area contributed by atoms with Crippen LogP contribution in [0.3, 0.4) is 0 Å². The van der Waals surface area contributed by atoms with Crippen LogP contribution in [-0.2, 0) is 6.18 Å². The Hall–Kier alpha value is -2.63. The quantitative estimate of drug-likeness (QED) is 0.865. The molecule has 0 bridgehead atoms. The Labute approximate surface area is 124 Å². The van der Waals surface area contributed by atoms with Gasteiger partial charge in [0.2, 0.25) is 0 Å². The number of hydrogen-bond acceptors (Lipinski definition) is 2. The molecule has 2 rings (SSSR count). The number of amides is 1. The Bertz CT molecular complexity index is 723. The average molecular weight is 307 g/mol. The Morgan fingerprint density at radius 3 is 2.18 bits per heavy atom. The highest BCUT2D eigenvalue weighted by molar-refractivity contribution is 6.12. The normalized spacial score (nSPS) is 11.1. The van der Waals surface area contributed by atoms with Crippen LogP contribution in [0, 0.1) is 0 Å². The molecule has 3 nitrogen and oxygen atoms in total. The lowest BCUT2D eigenvalue weighted by molar-refractivity contribution is -0.137. The van der Waals surface area contributed by atoms with Crippen molar-refractivity contribution >= 4 is 17.4 Å². The molecule has 6 heteroatoms. The van der Waals surface area contributed by atoms with Gasteiger partial charge in [-0.2, -0.15) is 13.2 Å². The Balaban J connectivity index is 2.29. The van der Waals surface area contributed by atoms with E-state index in [1.165, 1.54) is 31.2 Å². The second-order valence-corrected chi connectivity index (χ2v) is 4.63. The zero-order chi connectivity index (χ0) is 16.3. The SMILES string of the molecule is CC(=O)c1ccccc1C(=O)Nc1cccc(C(F)(F)F)c1. The molecule has 1 N–H and O–H groups in total. The van der Waals surface area contributed by atoms with Gasteiger partial charge in [-0.05, 0) is 31.2 Å². The number of anilines is 1. The van der Waals surface area contributed by atoms with Gasteiger partial charge in [-0.25, -0.2) is 0 Å². The maximum atomic E-state index is 12.6. The smallest absolute Gasteiger partial charge is 0.322 e. The number of ketones is 1. The molecular weight excluding hydrogens is 295 g/mol. The zero-order valence-electron chi connectivity index (χ0n) is 11.6. The molecule has 2 aromatic rings. The predicted octanol–water partition coefficient (Wildman–Crippen LogP) is 4.16. The lowest BCUT2D eigenvalue weighted by Gasteiger charge is -2.11. The number of carbonyl (C=O) groups is 2. The third-order valence-electron chi connectivity index (χ3n) is 3.00.